The molecule has 176 valence electrons. The molecule has 1 unspecified atom stereocenters. The monoisotopic (exact) mass is 490 g/mol. The number of carboxylic acids is 1. The number of carbonyl (C=O) groups is 1. The summed E-state index contributed by atoms with van der Waals surface area (Å²) in [6, 6.07) is 10.2. The van der Waals surface area contributed by atoms with E-state index >= 15 is 0 Å². The van der Waals surface area contributed by atoms with Crippen molar-refractivity contribution in [3.8, 4) is 5.75 Å². The molecule has 0 aliphatic carbocycles. The molecular formula is C24H27ClN2O5S. The molecule has 1 saturated heterocycles. The number of carboxylic acid groups (broad SMARTS) is 1. The standard InChI is InChI=1S/C24H27ClN2O5S/c1-15(2)32-18-4-6-19(7-5-18)33(30,31)27-9-8-17(12-27)21-13-26(14-24(28)29)23-11-22(25)16(3)10-20(21)23/h4-7,10-11,13,15,17H,8-9,12,14H2,1-3H3,(H,28,29). The highest BCUT2D eigenvalue weighted by Gasteiger charge is 2.34. The topological polar surface area (TPSA) is 88.8 Å². The zero-order valence-electron chi connectivity index (χ0n) is 18.8. The quantitative estimate of drug-likeness (QED) is 0.520. The first-order chi connectivity index (χ1) is 15.6. The summed E-state index contributed by atoms with van der Waals surface area (Å²) in [6.07, 6.45) is 2.49. The fraction of sp³-hybridized carbons (Fsp3) is 0.375. The Hall–Kier alpha value is -2.55. The van der Waals surface area contributed by atoms with Crippen LogP contribution >= 0.6 is 11.6 Å². The van der Waals surface area contributed by atoms with Gasteiger partial charge in [-0.3, -0.25) is 4.79 Å². The van der Waals surface area contributed by atoms with Crippen molar-refractivity contribution in [3.05, 3.63) is 58.7 Å². The molecule has 0 saturated carbocycles. The minimum atomic E-state index is -3.65. The Morgan fingerprint density at radius 1 is 1.24 bits per heavy atom. The van der Waals surface area contributed by atoms with Crippen LogP contribution in [0, 0.1) is 6.92 Å². The molecule has 1 fully saturated rings. The predicted molar refractivity (Wildman–Crippen MR) is 128 cm³/mol. The number of hydrogen-bond donors (Lipinski definition) is 1. The summed E-state index contributed by atoms with van der Waals surface area (Å²) < 4.78 is 35.3. The van der Waals surface area contributed by atoms with Crippen molar-refractivity contribution in [2.24, 2.45) is 0 Å². The molecule has 1 aliphatic rings. The van der Waals surface area contributed by atoms with E-state index in [1.54, 1.807) is 34.9 Å². The van der Waals surface area contributed by atoms with Crippen LogP contribution in [-0.2, 0) is 21.4 Å². The van der Waals surface area contributed by atoms with Crippen molar-refractivity contribution < 1.29 is 23.1 Å². The second-order valence-corrected chi connectivity index (χ2v) is 11.1. The van der Waals surface area contributed by atoms with Gasteiger partial charge in [0.1, 0.15) is 12.3 Å². The van der Waals surface area contributed by atoms with Crippen molar-refractivity contribution in [1.29, 1.82) is 0 Å². The van der Waals surface area contributed by atoms with Gasteiger partial charge >= 0.3 is 5.97 Å². The molecule has 3 aromatic rings. The van der Waals surface area contributed by atoms with Gasteiger partial charge in [0.05, 0.1) is 16.5 Å². The van der Waals surface area contributed by atoms with E-state index in [0.717, 1.165) is 22.0 Å². The highest BCUT2D eigenvalue weighted by Crippen LogP contribution is 2.37. The molecule has 0 spiro atoms. The van der Waals surface area contributed by atoms with Crippen molar-refractivity contribution >= 4 is 38.5 Å². The van der Waals surface area contributed by atoms with Gasteiger partial charge in [0.15, 0.2) is 0 Å². The largest absolute Gasteiger partial charge is 0.491 e. The summed E-state index contributed by atoms with van der Waals surface area (Å²) in [4.78, 5) is 11.6. The number of aliphatic carboxylic acids is 1. The molecule has 1 N–H and O–H groups in total. The smallest absolute Gasteiger partial charge is 0.323 e. The Balaban J connectivity index is 1.62. The Morgan fingerprint density at radius 2 is 1.94 bits per heavy atom. The number of aryl methyl sites for hydroxylation is 1. The molecule has 1 aromatic heterocycles. The van der Waals surface area contributed by atoms with E-state index in [2.05, 4.69) is 0 Å². The molecule has 33 heavy (non-hydrogen) atoms. The van der Waals surface area contributed by atoms with Crippen LogP contribution in [0.5, 0.6) is 5.75 Å². The molecule has 0 bridgehead atoms. The van der Waals surface area contributed by atoms with E-state index in [0.29, 0.717) is 30.3 Å². The van der Waals surface area contributed by atoms with Crippen LogP contribution in [0.3, 0.4) is 0 Å². The van der Waals surface area contributed by atoms with Gasteiger partial charge in [-0.15, -0.1) is 0 Å². The van der Waals surface area contributed by atoms with E-state index in [4.69, 9.17) is 16.3 Å². The Kier molecular flexibility index (Phi) is 6.44. The number of benzene rings is 2. The summed E-state index contributed by atoms with van der Waals surface area (Å²) in [5, 5.41) is 10.8. The van der Waals surface area contributed by atoms with Crippen LogP contribution in [0.15, 0.2) is 47.5 Å². The molecular weight excluding hydrogens is 464 g/mol. The van der Waals surface area contributed by atoms with Gasteiger partial charge in [-0.25, -0.2) is 8.42 Å². The molecule has 9 heteroatoms. The maximum atomic E-state index is 13.2. The van der Waals surface area contributed by atoms with Gasteiger partial charge < -0.3 is 14.4 Å². The number of aromatic nitrogens is 1. The minimum absolute atomic E-state index is 0.00794. The molecule has 1 aliphatic heterocycles. The van der Waals surface area contributed by atoms with E-state index in [9.17, 15) is 18.3 Å². The van der Waals surface area contributed by atoms with E-state index in [1.807, 2.05) is 33.0 Å². The highest BCUT2D eigenvalue weighted by molar-refractivity contribution is 7.89. The van der Waals surface area contributed by atoms with Crippen molar-refractivity contribution in [3.63, 3.8) is 0 Å². The zero-order chi connectivity index (χ0) is 23.9. The maximum absolute atomic E-state index is 13.2. The summed E-state index contributed by atoms with van der Waals surface area (Å²) in [6.45, 7) is 6.28. The van der Waals surface area contributed by atoms with Crippen LogP contribution in [0.4, 0.5) is 0 Å². The number of rotatable bonds is 7. The van der Waals surface area contributed by atoms with Gasteiger partial charge in [0.2, 0.25) is 10.0 Å². The third-order valence-corrected chi connectivity index (χ3v) is 8.21. The second-order valence-electron chi connectivity index (χ2n) is 8.71. The van der Waals surface area contributed by atoms with Crippen molar-refractivity contribution in [2.75, 3.05) is 13.1 Å². The van der Waals surface area contributed by atoms with Gasteiger partial charge in [0, 0.05) is 35.6 Å². The third-order valence-electron chi connectivity index (χ3n) is 5.92. The molecule has 1 atom stereocenters. The van der Waals surface area contributed by atoms with Crippen molar-refractivity contribution in [1.82, 2.24) is 8.87 Å². The van der Waals surface area contributed by atoms with Gasteiger partial charge in [0.25, 0.3) is 0 Å². The average molecular weight is 491 g/mol. The highest BCUT2D eigenvalue weighted by atomic mass is 35.5. The molecule has 0 radical (unpaired) electrons. The second kappa shape index (κ2) is 9.00. The number of ether oxygens (including phenoxy) is 1. The van der Waals surface area contributed by atoms with E-state index in [-0.39, 0.29) is 23.5 Å². The Morgan fingerprint density at radius 3 is 2.58 bits per heavy atom. The third kappa shape index (κ3) is 4.74. The van der Waals surface area contributed by atoms with Crippen molar-refractivity contribution in [2.45, 2.75) is 50.7 Å². The number of nitrogens with zero attached hydrogens (tertiary/aromatic N) is 2. The fourth-order valence-electron chi connectivity index (χ4n) is 4.36. The maximum Gasteiger partial charge on any atom is 0.323 e. The minimum Gasteiger partial charge on any atom is -0.491 e. The van der Waals surface area contributed by atoms with Crippen LogP contribution in [-0.4, -0.2) is 47.6 Å². The van der Waals surface area contributed by atoms with E-state index < -0.39 is 16.0 Å². The fourth-order valence-corrected chi connectivity index (χ4v) is 6.02. The molecule has 4 rings (SSSR count). The van der Waals surface area contributed by atoms with Crippen LogP contribution in [0.2, 0.25) is 5.02 Å². The predicted octanol–water partition coefficient (Wildman–Crippen LogP) is 4.65. The average Bonchev–Trinajstić information content (AvgIpc) is 3.34. The van der Waals surface area contributed by atoms with Crippen LogP contribution in [0.1, 0.15) is 37.3 Å². The zero-order valence-corrected chi connectivity index (χ0v) is 20.4. The molecule has 2 aromatic carbocycles. The lowest BCUT2D eigenvalue weighted by atomic mass is 9.97. The first kappa shape index (κ1) is 23.6. The lowest BCUT2D eigenvalue weighted by Crippen LogP contribution is -2.28. The normalized spacial score (nSPS) is 17.2. The Bertz CT molecular complexity index is 1300. The van der Waals surface area contributed by atoms with Gasteiger partial charge in [-0.05, 0) is 74.7 Å². The Labute approximate surface area is 198 Å². The molecule has 2 heterocycles. The molecule has 7 nitrogen and oxygen atoms in total. The lowest BCUT2D eigenvalue weighted by molar-refractivity contribution is -0.137. The first-order valence-electron chi connectivity index (χ1n) is 10.8. The lowest BCUT2D eigenvalue weighted by Gasteiger charge is -2.17. The van der Waals surface area contributed by atoms with E-state index in [1.165, 1.54) is 4.31 Å². The summed E-state index contributed by atoms with van der Waals surface area (Å²) in [5.74, 6) is -0.361. The number of sulfonamides is 1. The first-order valence-corrected chi connectivity index (χ1v) is 12.7. The number of halogens is 1. The molecule has 0 amide bonds. The van der Waals surface area contributed by atoms with Crippen LogP contribution < -0.4 is 4.74 Å². The van der Waals surface area contributed by atoms with Crippen LogP contribution in [0.25, 0.3) is 10.9 Å². The number of fused-ring (bicyclic) bond motifs is 1. The number of hydrogen-bond acceptors (Lipinski definition) is 4. The summed E-state index contributed by atoms with van der Waals surface area (Å²) in [5.41, 5.74) is 2.58. The SMILES string of the molecule is Cc1cc2c(C3CCN(S(=O)(=O)c4ccc(OC(C)C)cc4)C3)cn(CC(=O)O)c2cc1Cl. The van der Waals surface area contributed by atoms with Gasteiger partial charge in [-0.2, -0.15) is 4.31 Å². The van der Waals surface area contributed by atoms with Gasteiger partial charge in [-0.1, -0.05) is 11.6 Å². The summed E-state index contributed by atoms with van der Waals surface area (Å²) >= 11 is 6.30. The summed E-state index contributed by atoms with van der Waals surface area (Å²) in [7, 11) is -3.65.